The van der Waals surface area contributed by atoms with Gasteiger partial charge in [-0.2, -0.15) is 5.26 Å². The molecule has 0 aromatic heterocycles. The SMILES string of the molecule is N#CCCCN1C(=O)NC(=O)C12CCCCCC2. The van der Waals surface area contributed by atoms with E-state index in [1.165, 1.54) is 0 Å². The summed E-state index contributed by atoms with van der Waals surface area (Å²) in [5.41, 5.74) is -0.622. The van der Waals surface area contributed by atoms with Crippen LogP contribution in [0.25, 0.3) is 0 Å². The topological polar surface area (TPSA) is 73.2 Å². The van der Waals surface area contributed by atoms with Crippen molar-refractivity contribution in [2.45, 2.75) is 56.9 Å². The molecule has 2 fully saturated rings. The van der Waals surface area contributed by atoms with Crippen molar-refractivity contribution in [3.05, 3.63) is 0 Å². The highest BCUT2D eigenvalue weighted by atomic mass is 16.2. The Kier molecular flexibility index (Phi) is 3.85. The second-order valence-corrected chi connectivity index (χ2v) is 5.12. The highest BCUT2D eigenvalue weighted by molar-refractivity contribution is 6.07. The molecule has 2 aliphatic rings. The van der Waals surface area contributed by atoms with Crippen LogP contribution in [0.2, 0.25) is 0 Å². The number of carbonyl (C=O) groups is 2. The molecule has 1 saturated carbocycles. The zero-order valence-electron chi connectivity index (χ0n) is 10.6. The average Bonchev–Trinajstić information content (AvgIpc) is 2.55. The first-order valence-electron chi connectivity index (χ1n) is 6.71. The third-order valence-corrected chi connectivity index (χ3v) is 4.01. The predicted molar refractivity (Wildman–Crippen MR) is 65.5 cm³/mol. The van der Waals surface area contributed by atoms with Crippen LogP contribution >= 0.6 is 0 Å². The van der Waals surface area contributed by atoms with Crippen LogP contribution in [-0.4, -0.2) is 28.9 Å². The summed E-state index contributed by atoms with van der Waals surface area (Å²) in [7, 11) is 0. The molecular formula is C13H19N3O2. The minimum atomic E-state index is -0.622. The molecular weight excluding hydrogens is 230 g/mol. The molecule has 18 heavy (non-hydrogen) atoms. The Bertz CT molecular complexity index is 378. The third kappa shape index (κ3) is 2.20. The van der Waals surface area contributed by atoms with E-state index in [-0.39, 0.29) is 11.9 Å². The van der Waals surface area contributed by atoms with E-state index in [2.05, 4.69) is 11.4 Å². The predicted octanol–water partition coefficient (Wildman–Crippen LogP) is 1.93. The second kappa shape index (κ2) is 5.38. The van der Waals surface area contributed by atoms with Crippen molar-refractivity contribution in [3.63, 3.8) is 0 Å². The number of hydrogen-bond acceptors (Lipinski definition) is 3. The number of hydrogen-bond donors (Lipinski definition) is 1. The van der Waals surface area contributed by atoms with Crippen molar-refractivity contribution in [1.29, 1.82) is 5.26 Å². The van der Waals surface area contributed by atoms with Gasteiger partial charge in [-0.05, 0) is 19.3 Å². The minimum absolute atomic E-state index is 0.133. The van der Waals surface area contributed by atoms with Gasteiger partial charge >= 0.3 is 6.03 Å². The fourth-order valence-corrected chi connectivity index (χ4v) is 3.04. The van der Waals surface area contributed by atoms with Gasteiger partial charge in [0, 0.05) is 13.0 Å². The van der Waals surface area contributed by atoms with Crippen LogP contribution in [0.4, 0.5) is 4.79 Å². The van der Waals surface area contributed by atoms with E-state index in [4.69, 9.17) is 5.26 Å². The summed E-state index contributed by atoms with van der Waals surface area (Å²) in [5.74, 6) is -0.133. The largest absolute Gasteiger partial charge is 0.325 e. The van der Waals surface area contributed by atoms with Crippen LogP contribution < -0.4 is 5.32 Å². The molecule has 0 bridgehead atoms. The highest BCUT2D eigenvalue weighted by Gasteiger charge is 2.51. The Morgan fingerprint density at radius 3 is 2.50 bits per heavy atom. The summed E-state index contributed by atoms with van der Waals surface area (Å²) in [6, 6.07) is 1.80. The number of urea groups is 1. The van der Waals surface area contributed by atoms with Crippen molar-refractivity contribution in [2.75, 3.05) is 6.54 Å². The maximum Gasteiger partial charge on any atom is 0.325 e. The number of carbonyl (C=O) groups excluding carboxylic acids is 2. The van der Waals surface area contributed by atoms with Gasteiger partial charge in [-0.15, -0.1) is 0 Å². The fraction of sp³-hybridized carbons (Fsp3) is 0.769. The monoisotopic (exact) mass is 249 g/mol. The molecule has 1 N–H and O–H groups in total. The summed E-state index contributed by atoms with van der Waals surface area (Å²) in [5, 5.41) is 11.0. The summed E-state index contributed by atoms with van der Waals surface area (Å²) in [6.45, 7) is 0.505. The molecule has 0 radical (unpaired) electrons. The van der Waals surface area contributed by atoms with Gasteiger partial charge in [-0.25, -0.2) is 4.79 Å². The smallest absolute Gasteiger partial charge is 0.310 e. The van der Waals surface area contributed by atoms with Crippen molar-refractivity contribution in [2.24, 2.45) is 0 Å². The fourth-order valence-electron chi connectivity index (χ4n) is 3.04. The van der Waals surface area contributed by atoms with Crippen molar-refractivity contribution in [3.8, 4) is 6.07 Å². The first-order chi connectivity index (χ1) is 8.70. The standard InChI is InChI=1S/C13H19N3O2/c14-9-5-6-10-16-12(18)15-11(17)13(16)7-3-1-2-4-8-13/h1-8,10H2,(H,15,17,18). The Labute approximate surface area is 107 Å². The Hall–Kier alpha value is -1.57. The lowest BCUT2D eigenvalue weighted by Crippen LogP contribution is -2.49. The third-order valence-electron chi connectivity index (χ3n) is 4.01. The zero-order valence-corrected chi connectivity index (χ0v) is 10.6. The van der Waals surface area contributed by atoms with Gasteiger partial charge in [-0.3, -0.25) is 10.1 Å². The van der Waals surface area contributed by atoms with Crippen molar-refractivity contribution in [1.82, 2.24) is 10.2 Å². The van der Waals surface area contributed by atoms with E-state index in [1.54, 1.807) is 4.90 Å². The molecule has 0 aromatic carbocycles. The second-order valence-electron chi connectivity index (χ2n) is 5.12. The minimum Gasteiger partial charge on any atom is -0.310 e. The maximum absolute atomic E-state index is 12.1. The molecule has 0 atom stereocenters. The highest BCUT2D eigenvalue weighted by Crippen LogP contribution is 2.36. The number of amides is 3. The summed E-state index contributed by atoms with van der Waals surface area (Å²) < 4.78 is 0. The van der Waals surface area contributed by atoms with Crippen molar-refractivity contribution < 1.29 is 9.59 Å². The zero-order chi connectivity index (χ0) is 13.0. The van der Waals surface area contributed by atoms with E-state index in [0.29, 0.717) is 19.4 Å². The Balaban J connectivity index is 2.14. The lowest BCUT2D eigenvalue weighted by molar-refractivity contribution is -0.127. The maximum atomic E-state index is 12.1. The lowest BCUT2D eigenvalue weighted by Gasteiger charge is -2.34. The lowest BCUT2D eigenvalue weighted by atomic mass is 9.88. The quantitative estimate of drug-likeness (QED) is 0.613. The molecule has 1 aliphatic heterocycles. The number of nitrogens with one attached hydrogen (secondary N) is 1. The number of nitrogens with zero attached hydrogens (tertiary/aromatic N) is 2. The molecule has 0 aromatic rings. The van der Waals surface area contributed by atoms with E-state index in [9.17, 15) is 9.59 Å². The van der Waals surface area contributed by atoms with Gasteiger partial charge in [0.25, 0.3) is 5.91 Å². The first-order valence-corrected chi connectivity index (χ1v) is 6.71. The number of rotatable bonds is 3. The van der Waals surface area contributed by atoms with Crippen LogP contribution in [0, 0.1) is 11.3 Å². The van der Waals surface area contributed by atoms with Crippen LogP contribution in [0.15, 0.2) is 0 Å². The molecule has 1 heterocycles. The summed E-state index contributed by atoms with van der Waals surface area (Å²) in [4.78, 5) is 25.7. The summed E-state index contributed by atoms with van der Waals surface area (Å²) in [6.07, 6.45) is 6.84. The number of unbranched alkanes of at least 4 members (excludes halogenated alkanes) is 1. The number of imide groups is 1. The van der Waals surface area contributed by atoms with E-state index in [0.717, 1.165) is 38.5 Å². The number of nitriles is 1. The first kappa shape index (κ1) is 12.9. The molecule has 2 rings (SSSR count). The molecule has 5 nitrogen and oxygen atoms in total. The average molecular weight is 249 g/mol. The van der Waals surface area contributed by atoms with Gasteiger partial charge in [0.2, 0.25) is 0 Å². The molecule has 0 unspecified atom stereocenters. The Morgan fingerprint density at radius 1 is 1.22 bits per heavy atom. The van der Waals surface area contributed by atoms with Crippen LogP contribution in [0.1, 0.15) is 51.4 Å². The summed E-state index contributed by atoms with van der Waals surface area (Å²) >= 11 is 0. The van der Waals surface area contributed by atoms with E-state index >= 15 is 0 Å². The van der Waals surface area contributed by atoms with Crippen molar-refractivity contribution >= 4 is 11.9 Å². The normalized spacial score (nSPS) is 22.7. The Morgan fingerprint density at radius 2 is 1.89 bits per heavy atom. The van der Waals surface area contributed by atoms with Gasteiger partial charge < -0.3 is 4.90 Å². The molecule has 98 valence electrons. The molecule has 1 spiro atoms. The van der Waals surface area contributed by atoms with E-state index < -0.39 is 5.54 Å². The molecule has 3 amide bonds. The molecule has 5 heteroatoms. The van der Waals surface area contributed by atoms with Crippen LogP contribution in [0.5, 0.6) is 0 Å². The van der Waals surface area contributed by atoms with Gasteiger partial charge in [-0.1, -0.05) is 25.7 Å². The van der Waals surface area contributed by atoms with Gasteiger partial charge in [0.1, 0.15) is 5.54 Å². The van der Waals surface area contributed by atoms with Crippen LogP contribution in [0.3, 0.4) is 0 Å². The molecule has 1 aliphatic carbocycles. The molecule has 1 saturated heterocycles. The van der Waals surface area contributed by atoms with Gasteiger partial charge in [0.05, 0.1) is 6.07 Å². The van der Waals surface area contributed by atoms with Gasteiger partial charge in [0.15, 0.2) is 0 Å². The van der Waals surface area contributed by atoms with E-state index in [1.807, 2.05) is 0 Å². The van der Waals surface area contributed by atoms with Crippen LogP contribution in [-0.2, 0) is 4.79 Å².